The molecule has 29 heavy (non-hydrogen) atoms. The molecule has 1 aromatic carbocycles. The van der Waals surface area contributed by atoms with Crippen molar-refractivity contribution in [3.05, 3.63) is 29.8 Å². The van der Waals surface area contributed by atoms with Gasteiger partial charge in [0.15, 0.2) is 0 Å². The van der Waals surface area contributed by atoms with Gasteiger partial charge < -0.3 is 29.5 Å². The number of methoxy groups -OCH3 is 1. The number of ether oxygens (including phenoxy) is 2. The SMILES string of the molecule is COc1ccc(CC2NC(=O)C3CN(C(=O)N4CCOCC4)CCN3C2=O)cc1. The zero-order valence-electron chi connectivity index (χ0n) is 16.5. The number of urea groups is 1. The summed E-state index contributed by atoms with van der Waals surface area (Å²) in [5.41, 5.74) is 0.948. The molecule has 2 atom stereocenters. The topological polar surface area (TPSA) is 91.4 Å². The molecule has 0 bridgehead atoms. The molecule has 3 aliphatic heterocycles. The highest BCUT2D eigenvalue weighted by Crippen LogP contribution is 2.20. The molecular formula is C20H26N4O5. The number of carbonyl (C=O) groups is 3. The number of carbonyl (C=O) groups excluding carboxylic acids is 3. The average Bonchev–Trinajstić information content (AvgIpc) is 2.77. The maximum atomic E-state index is 13.0. The summed E-state index contributed by atoms with van der Waals surface area (Å²) >= 11 is 0. The van der Waals surface area contributed by atoms with E-state index in [4.69, 9.17) is 9.47 Å². The quantitative estimate of drug-likeness (QED) is 0.750. The smallest absolute Gasteiger partial charge is 0.320 e. The summed E-state index contributed by atoms with van der Waals surface area (Å²) in [6.45, 7) is 3.19. The van der Waals surface area contributed by atoms with Crippen LogP contribution in [0.4, 0.5) is 4.79 Å². The van der Waals surface area contributed by atoms with Crippen LogP contribution in [0.2, 0.25) is 0 Å². The second-order valence-electron chi connectivity index (χ2n) is 7.49. The highest BCUT2D eigenvalue weighted by Gasteiger charge is 2.44. The molecule has 0 spiro atoms. The van der Waals surface area contributed by atoms with Crippen LogP contribution in [0.1, 0.15) is 5.56 Å². The normalized spacial score (nSPS) is 24.8. The number of piperazine rings is 2. The Morgan fingerprint density at radius 2 is 1.83 bits per heavy atom. The van der Waals surface area contributed by atoms with Crippen LogP contribution in [0.25, 0.3) is 0 Å². The molecule has 0 aromatic heterocycles. The van der Waals surface area contributed by atoms with Gasteiger partial charge in [-0.05, 0) is 17.7 Å². The zero-order valence-corrected chi connectivity index (χ0v) is 16.5. The first-order valence-corrected chi connectivity index (χ1v) is 9.92. The Kier molecular flexibility index (Phi) is 5.57. The van der Waals surface area contributed by atoms with Crippen molar-refractivity contribution in [2.75, 3.05) is 53.0 Å². The molecule has 0 saturated carbocycles. The Morgan fingerprint density at radius 1 is 1.10 bits per heavy atom. The second kappa shape index (κ2) is 8.28. The van der Waals surface area contributed by atoms with Crippen LogP contribution in [-0.4, -0.2) is 97.7 Å². The van der Waals surface area contributed by atoms with Gasteiger partial charge in [0.25, 0.3) is 0 Å². The number of amides is 4. The number of fused-ring (bicyclic) bond motifs is 1. The molecule has 3 heterocycles. The van der Waals surface area contributed by atoms with Crippen molar-refractivity contribution in [1.82, 2.24) is 20.0 Å². The van der Waals surface area contributed by atoms with Crippen molar-refractivity contribution in [2.24, 2.45) is 0 Å². The molecule has 1 N–H and O–H groups in total. The lowest BCUT2D eigenvalue weighted by Crippen LogP contribution is -2.70. The van der Waals surface area contributed by atoms with Crippen LogP contribution < -0.4 is 10.1 Å². The van der Waals surface area contributed by atoms with Gasteiger partial charge in [0.2, 0.25) is 11.8 Å². The van der Waals surface area contributed by atoms with E-state index in [1.807, 2.05) is 24.3 Å². The highest BCUT2D eigenvalue weighted by molar-refractivity contribution is 5.97. The van der Waals surface area contributed by atoms with Crippen LogP contribution in [0, 0.1) is 0 Å². The molecule has 9 heteroatoms. The van der Waals surface area contributed by atoms with E-state index in [-0.39, 0.29) is 24.4 Å². The van der Waals surface area contributed by atoms with E-state index in [0.29, 0.717) is 45.8 Å². The molecule has 156 valence electrons. The largest absolute Gasteiger partial charge is 0.497 e. The van der Waals surface area contributed by atoms with Gasteiger partial charge in [0.05, 0.1) is 26.9 Å². The van der Waals surface area contributed by atoms with Crippen molar-refractivity contribution in [2.45, 2.75) is 18.5 Å². The van der Waals surface area contributed by atoms with E-state index in [9.17, 15) is 14.4 Å². The van der Waals surface area contributed by atoms with Crippen LogP contribution in [0.3, 0.4) is 0 Å². The van der Waals surface area contributed by atoms with Crippen molar-refractivity contribution < 1.29 is 23.9 Å². The van der Waals surface area contributed by atoms with Crippen LogP contribution in [-0.2, 0) is 20.7 Å². The van der Waals surface area contributed by atoms with Gasteiger partial charge in [-0.2, -0.15) is 0 Å². The lowest BCUT2D eigenvalue weighted by atomic mass is 9.98. The van der Waals surface area contributed by atoms with Crippen molar-refractivity contribution in [3.63, 3.8) is 0 Å². The standard InChI is InChI=1S/C20H26N4O5/c1-28-15-4-2-14(3-5-15)12-16-19(26)24-7-6-23(13-17(24)18(25)21-16)20(27)22-8-10-29-11-9-22/h2-5,16-17H,6-13H2,1H3,(H,21,25). The Bertz CT molecular complexity index is 778. The van der Waals surface area contributed by atoms with E-state index in [1.54, 1.807) is 21.8 Å². The second-order valence-corrected chi connectivity index (χ2v) is 7.49. The summed E-state index contributed by atoms with van der Waals surface area (Å²) in [5.74, 6) is 0.445. The average molecular weight is 402 g/mol. The van der Waals surface area contributed by atoms with E-state index in [1.165, 1.54) is 0 Å². The van der Waals surface area contributed by atoms with Crippen LogP contribution in [0.15, 0.2) is 24.3 Å². The Morgan fingerprint density at radius 3 is 2.52 bits per heavy atom. The van der Waals surface area contributed by atoms with Crippen molar-refractivity contribution >= 4 is 17.8 Å². The molecule has 3 aliphatic rings. The molecule has 2 unspecified atom stereocenters. The minimum Gasteiger partial charge on any atom is -0.497 e. The van der Waals surface area contributed by atoms with Crippen LogP contribution in [0.5, 0.6) is 5.75 Å². The van der Waals surface area contributed by atoms with E-state index >= 15 is 0 Å². The fourth-order valence-electron chi connectivity index (χ4n) is 4.06. The molecule has 3 saturated heterocycles. The Labute approximate surface area is 169 Å². The minimum atomic E-state index is -0.631. The van der Waals surface area contributed by atoms with Gasteiger partial charge in [-0.1, -0.05) is 12.1 Å². The van der Waals surface area contributed by atoms with Gasteiger partial charge in [-0.25, -0.2) is 4.79 Å². The molecule has 1 aromatic rings. The third kappa shape index (κ3) is 4.00. The zero-order chi connectivity index (χ0) is 20.4. The third-order valence-corrected chi connectivity index (χ3v) is 5.73. The first kappa shape index (κ1) is 19.5. The third-order valence-electron chi connectivity index (χ3n) is 5.73. The summed E-state index contributed by atoms with van der Waals surface area (Å²) in [4.78, 5) is 43.4. The van der Waals surface area contributed by atoms with E-state index in [2.05, 4.69) is 5.32 Å². The number of benzene rings is 1. The summed E-state index contributed by atoms with van der Waals surface area (Å²) in [6.07, 6.45) is 0.425. The van der Waals surface area contributed by atoms with Crippen LogP contribution >= 0.6 is 0 Å². The molecular weight excluding hydrogens is 376 g/mol. The molecule has 9 nitrogen and oxygen atoms in total. The molecule has 0 radical (unpaired) electrons. The monoisotopic (exact) mass is 402 g/mol. The summed E-state index contributed by atoms with van der Waals surface area (Å²) in [7, 11) is 1.60. The lowest BCUT2D eigenvalue weighted by molar-refractivity contribution is -0.152. The van der Waals surface area contributed by atoms with Gasteiger partial charge in [0, 0.05) is 32.6 Å². The Balaban J connectivity index is 1.40. The summed E-state index contributed by atoms with van der Waals surface area (Å²) in [6, 6.07) is 6.15. The maximum Gasteiger partial charge on any atom is 0.320 e. The van der Waals surface area contributed by atoms with Gasteiger partial charge >= 0.3 is 6.03 Å². The molecule has 4 amide bonds. The first-order valence-electron chi connectivity index (χ1n) is 9.92. The number of nitrogens with zero attached hydrogens (tertiary/aromatic N) is 3. The van der Waals surface area contributed by atoms with E-state index in [0.717, 1.165) is 11.3 Å². The van der Waals surface area contributed by atoms with E-state index < -0.39 is 12.1 Å². The molecule has 4 rings (SSSR count). The van der Waals surface area contributed by atoms with Crippen molar-refractivity contribution in [1.29, 1.82) is 0 Å². The molecule has 0 aliphatic carbocycles. The number of hydrogen-bond donors (Lipinski definition) is 1. The predicted octanol–water partition coefficient (Wildman–Crippen LogP) is -0.299. The minimum absolute atomic E-state index is 0.0893. The Hall–Kier alpha value is -2.81. The summed E-state index contributed by atoms with van der Waals surface area (Å²) < 4.78 is 10.4. The summed E-state index contributed by atoms with van der Waals surface area (Å²) in [5, 5.41) is 2.85. The first-order chi connectivity index (χ1) is 14.1. The fraction of sp³-hybridized carbons (Fsp3) is 0.550. The number of rotatable bonds is 3. The van der Waals surface area contributed by atoms with Gasteiger partial charge in [0.1, 0.15) is 17.8 Å². The maximum absolute atomic E-state index is 13.0. The van der Waals surface area contributed by atoms with Gasteiger partial charge in [-0.15, -0.1) is 0 Å². The fourth-order valence-corrected chi connectivity index (χ4v) is 4.06. The predicted molar refractivity (Wildman–Crippen MR) is 103 cm³/mol. The highest BCUT2D eigenvalue weighted by atomic mass is 16.5. The number of nitrogens with one attached hydrogen (secondary N) is 1. The van der Waals surface area contributed by atoms with Crippen molar-refractivity contribution in [3.8, 4) is 5.75 Å². The lowest BCUT2D eigenvalue weighted by Gasteiger charge is -2.46. The number of hydrogen-bond acceptors (Lipinski definition) is 5. The molecule has 3 fully saturated rings. The number of morpholine rings is 1. The van der Waals surface area contributed by atoms with Gasteiger partial charge in [-0.3, -0.25) is 9.59 Å².